The molecular weight excluding hydrogens is 235 g/mol. The van der Waals surface area contributed by atoms with Crippen molar-refractivity contribution in [3.63, 3.8) is 0 Å². The average Bonchev–Trinajstić information content (AvgIpc) is 2.28. The van der Waals surface area contributed by atoms with Crippen LogP contribution in [0.4, 0.5) is 4.39 Å². The number of carbonyl (C=O) groups is 1. The lowest BCUT2D eigenvalue weighted by Crippen LogP contribution is -2.46. The van der Waals surface area contributed by atoms with Crippen LogP contribution in [-0.2, 0) is 6.54 Å². The summed E-state index contributed by atoms with van der Waals surface area (Å²) in [6.45, 7) is 0.789. The number of amides is 1. The second kappa shape index (κ2) is 5.04. The SMILES string of the molecule is NC(=O)c1ccc(CNCC2(O)CCC2)c(F)c1. The molecule has 0 spiro atoms. The number of nitrogens with two attached hydrogens (primary N) is 1. The summed E-state index contributed by atoms with van der Waals surface area (Å²) in [7, 11) is 0. The second-order valence-corrected chi connectivity index (χ2v) is 4.85. The van der Waals surface area contributed by atoms with Crippen molar-refractivity contribution < 1.29 is 14.3 Å². The van der Waals surface area contributed by atoms with Gasteiger partial charge in [-0.1, -0.05) is 6.07 Å². The highest BCUT2D eigenvalue weighted by atomic mass is 19.1. The van der Waals surface area contributed by atoms with E-state index in [1.165, 1.54) is 12.1 Å². The molecule has 0 saturated heterocycles. The summed E-state index contributed by atoms with van der Waals surface area (Å²) in [6, 6.07) is 4.17. The Morgan fingerprint density at radius 1 is 1.50 bits per heavy atom. The molecule has 0 aromatic heterocycles. The number of rotatable bonds is 5. The van der Waals surface area contributed by atoms with E-state index < -0.39 is 17.3 Å². The zero-order chi connectivity index (χ0) is 13.2. The first kappa shape index (κ1) is 13.0. The van der Waals surface area contributed by atoms with Crippen LogP contribution in [0.3, 0.4) is 0 Å². The molecule has 0 atom stereocenters. The fraction of sp³-hybridized carbons (Fsp3) is 0.462. The third-order valence-corrected chi connectivity index (χ3v) is 3.39. The predicted molar refractivity (Wildman–Crippen MR) is 65.4 cm³/mol. The Morgan fingerprint density at radius 2 is 2.22 bits per heavy atom. The maximum atomic E-state index is 13.6. The van der Waals surface area contributed by atoms with Gasteiger partial charge in [0.1, 0.15) is 5.82 Å². The van der Waals surface area contributed by atoms with Gasteiger partial charge >= 0.3 is 0 Å². The molecule has 1 saturated carbocycles. The van der Waals surface area contributed by atoms with Crippen molar-refractivity contribution >= 4 is 5.91 Å². The smallest absolute Gasteiger partial charge is 0.248 e. The van der Waals surface area contributed by atoms with E-state index in [9.17, 15) is 14.3 Å². The first-order valence-corrected chi connectivity index (χ1v) is 6.01. The fourth-order valence-corrected chi connectivity index (χ4v) is 2.04. The highest BCUT2D eigenvalue weighted by Gasteiger charge is 2.33. The molecule has 4 nitrogen and oxygen atoms in total. The number of benzene rings is 1. The number of hydrogen-bond donors (Lipinski definition) is 3. The minimum atomic E-state index is -0.641. The zero-order valence-electron chi connectivity index (χ0n) is 10.1. The van der Waals surface area contributed by atoms with Crippen LogP contribution in [0.2, 0.25) is 0 Å². The molecule has 5 heteroatoms. The van der Waals surface area contributed by atoms with Gasteiger partial charge in [0, 0.05) is 24.2 Å². The van der Waals surface area contributed by atoms with E-state index in [1.807, 2.05) is 0 Å². The van der Waals surface area contributed by atoms with Crippen molar-refractivity contribution in [3.05, 3.63) is 35.1 Å². The average molecular weight is 252 g/mol. The monoisotopic (exact) mass is 252 g/mol. The first-order chi connectivity index (χ1) is 8.50. The Labute approximate surface area is 105 Å². The summed E-state index contributed by atoms with van der Waals surface area (Å²) < 4.78 is 13.6. The summed E-state index contributed by atoms with van der Waals surface area (Å²) in [5.74, 6) is -1.10. The van der Waals surface area contributed by atoms with E-state index in [4.69, 9.17) is 5.73 Å². The summed E-state index contributed by atoms with van der Waals surface area (Å²) in [6.07, 6.45) is 2.63. The van der Waals surface area contributed by atoms with Crippen LogP contribution in [0.15, 0.2) is 18.2 Å². The molecule has 0 radical (unpaired) electrons. The van der Waals surface area contributed by atoms with E-state index in [0.717, 1.165) is 25.3 Å². The Bertz CT molecular complexity index is 458. The van der Waals surface area contributed by atoms with Crippen molar-refractivity contribution in [2.45, 2.75) is 31.4 Å². The Morgan fingerprint density at radius 3 is 2.72 bits per heavy atom. The van der Waals surface area contributed by atoms with Gasteiger partial charge in [-0.2, -0.15) is 0 Å². The molecule has 4 N–H and O–H groups in total. The maximum absolute atomic E-state index is 13.6. The number of halogens is 1. The van der Waals surface area contributed by atoms with Gasteiger partial charge in [0.25, 0.3) is 0 Å². The van der Waals surface area contributed by atoms with Crippen LogP contribution in [0.25, 0.3) is 0 Å². The van der Waals surface area contributed by atoms with Crippen LogP contribution in [0, 0.1) is 5.82 Å². The molecule has 18 heavy (non-hydrogen) atoms. The number of carbonyl (C=O) groups excluding carboxylic acids is 1. The Hall–Kier alpha value is -1.46. The topological polar surface area (TPSA) is 75.4 Å². The molecule has 0 bridgehead atoms. The molecule has 98 valence electrons. The van der Waals surface area contributed by atoms with Crippen molar-refractivity contribution in [1.29, 1.82) is 0 Å². The summed E-state index contributed by atoms with van der Waals surface area (Å²) in [5.41, 5.74) is 5.06. The standard InChI is InChI=1S/C13H17FN2O2/c14-11-6-9(12(15)17)2-3-10(11)7-16-8-13(18)4-1-5-13/h2-3,6,16,18H,1,4-5,7-8H2,(H2,15,17). The van der Waals surface area contributed by atoms with Gasteiger partial charge in [0.2, 0.25) is 5.91 Å². The molecule has 1 fully saturated rings. The number of nitrogens with one attached hydrogen (secondary N) is 1. The van der Waals surface area contributed by atoms with Crippen LogP contribution >= 0.6 is 0 Å². The fourth-order valence-electron chi connectivity index (χ4n) is 2.04. The lowest BCUT2D eigenvalue weighted by Gasteiger charge is -2.36. The zero-order valence-corrected chi connectivity index (χ0v) is 10.1. The van der Waals surface area contributed by atoms with Crippen molar-refractivity contribution in [1.82, 2.24) is 5.32 Å². The van der Waals surface area contributed by atoms with Crippen molar-refractivity contribution in [2.24, 2.45) is 5.73 Å². The second-order valence-electron chi connectivity index (χ2n) is 4.85. The van der Waals surface area contributed by atoms with E-state index in [2.05, 4.69) is 5.32 Å². The predicted octanol–water partition coefficient (Wildman–Crippen LogP) is 0.929. The molecule has 0 aliphatic heterocycles. The molecule has 2 rings (SSSR count). The van der Waals surface area contributed by atoms with E-state index in [0.29, 0.717) is 18.7 Å². The third kappa shape index (κ3) is 2.86. The largest absolute Gasteiger partial charge is 0.389 e. The van der Waals surface area contributed by atoms with Gasteiger partial charge < -0.3 is 16.2 Å². The van der Waals surface area contributed by atoms with Crippen LogP contribution in [-0.4, -0.2) is 23.2 Å². The van der Waals surface area contributed by atoms with E-state index >= 15 is 0 Å². The van der Waals surface area contributed by atoms with Crippen LogP contribution in [0.5, 0.6) is 0 Å². The highest BCUT2D eigenvalue weighted by Crippen LogP contribution is 2.30. The molecule has 1 aliphatic rings. The van der Waals surface area contributed by atoms with Crippen molar-refractivity contribution in [2.75, 3.05) is 6.54 Å². The van der Waals surface area contributed by atoms with Crippen molar-refractivity contribution in [3.8, 4) is 0 Å². The van der Waals surface area contributed by atoms with Crippen LogP contribution in [0.1, 0.15) is 35.2 Å². The molecule has 0 unspecified atom stereocenters. The number of hydrogen-bond acceptors (Lipinski definition) is 3. The van der Waals surface area contributed by atoms with E-state index in [-0.39, 0.29) is 5.56 Å². The van der Waals surface area contributed by atoms with Gasteiger partial charge in [0.05, 0.1) is 5.60 Å². The van der Waals surface area contributed by atoms with Gasteiger partial charge in [-0.3, -0.25) is 4.79 Å². The molecular formula is C13H17FN2O2. The molecule has 1 amide bonds. The normalized spacial score (nSPS) is 17.2. The lowest BCUT2D eigenvalue weighted by atomic mass is 9.80. The van der Waals surface area contributed by atoms with Crippen LogP contribution < -0.4 is 11.1 Å². The maximum Gasteiger partial charge on any atom is 0.248 e. The lowest BCUT2D eigenvalue weighted by molar-refractivity contribution is -0.0315. The number of primary amides is 1. The van der Waals surface area contributed by atoms with Gasteiger partial charge in [-0.25, -0.2) is 4.39 Å². The Kier molecular flexibility index (Phi) is 3.63. The van der Waals surface area contributed by atoms with E-state index in [1.54, 1.807) is 0 Å². The summed E-state index contributed by atoms with van der Waals surface area (Å²) >= 11 is 0. The number of aliphatic hydroxyl groups is 1. The molecule has 1 aromatic rings. The van der Waals surface area contributed by atoms with Gasteiger partial charge in [-0.15, -0.1) is 0 Å². The summed E-state index contributed by atoms with van der Waals surface area (Å²) in [4.78, 5) is 10.9. The minimum Gasteiger partial charge on any atom is -0.389 e. The summed E-state index contributed by atoms with van der Waals surface area (Å²) in [5, 5.41) is 12.9. The van der Waals surface area contributed by atoms with Gasteiger partial charge in [0.15, 0.2) is 0 Å². The molecule has 1 aliphatic carbocycles. The molecule has 0 heterocycles. The Balaban J connectivity index is 1.91. The minimum absolute atomic E-state index is 0.161. The first-order valence-electron chi connectivity index (χ1n) is 6.01. The molecule has 1 aromatic carbocycles. The van der Waals surface area contributed by atoms with Gasteiger partial charge in [-0.05, 0) is 31.4 Å². The quantitative estimate of drug-likeness (QED) is 0.729. The third-order valence-electron chi connectivity index (χ3n) is 3.39. The highest BCUT2D eigenvalue weighted by molar-refractivity contribution is 5.92.